The van der Waals surface area contributed by atoms with Crippen LogP contribution in [0.4, 0.5) is 5.69 Å². The molecule has 1 aromatic carbocycles. The molecule has 2 rings (SSSR count). The van der Waals surface area contributed by atoms with Crippen LogP contribution in [0.1, 0.15) is 5.56 Å². The fourth-order valence-corrected chi connectivity index (χ4v) is 2.70. The highest BCUT2D eigenvalue weighted by Crippen LogP contribution is 2.24. The summed E-state index contributed by atoms with van der Waals surface area (Å²) < 4.78 is 1.02. The number of nitrogens with zero attached hydrogens (tertiary/aromatic N) is 1. The average Bonchev–Trinajstić information content (AvgIpc) is 2.27. The molecule has 0 saturated carbocycles. The molecule has 4 heteroatoms. The Balaban J connectivity index is 2.05. The fourth-order valence-electron chi connectivity index (χ4n) is 1.35. The number of nitrogen functional groups attached to an aromatic ring is 1. The van der Waals surface area contributed by atoms with E-state index in [0.29, 0.717) is 0 Å². The van der Waals surface area contributed by atoms with Gasteiger partial charge in [-0.1, -0.05) is 22.0 Å². The number of hydrogen-bond acceptors (Lipinski definition) is 3. The number of benzene rings is 1. The molecule has 1 aromatic heterocycles. The summed E-state index contributed by atoms with van der Waals surface area (Å²) in [5.41, 5.74) is 7.75. The van der Waals surface area contributed by atoms with Crippen molar-refractivity contribution in [2.24, 2.45) is 0 Å². The van der Waals surface area contributed by atoms with E-state index in [0.717, 1.165) is 20.9 Å². The third kappa shape index (κ3) is 3.25. The van der Waals surface area contributed by atoms with Gasteiger partial charge in [-0.15, -0.1) is 11.8 Å². The van der Waals surface area contributed by atoms with Crippen LogP contribution in [0.3, 0.4) is 0 Å². The van der Waals surface area contributed by atoms with Crippen LogP contribution in [0.15, 0.2) is 52.1 Å². The van der Waals surface area contributed by atoms with Gasteiger partial charge in [-0.25, -0.2) is 4.98 Å². The summed E-state index contributed by atoms with van der Waals surface area (Å²) in [5, 5.41) is 1.03. The first-order chi connectivity index (χ1) is 7.74. The lowest BCUT2D eigenvalue weighted by Gasteiger charge is -2.03. The number of thioether (sulfide) groups is 1. The zero-order valence-corrected chi connectivity index (χ0v) is 11.0. The van der Waals surface area contributed by atoms with Crippen molar-refractivity contribution in [2.45, 2.75) is 10.8 Å². The Labute approximate surface area is 107 Å². The van der Waals surface area contributed by atoms with E-state index < -0.39 is 0 Å². The van der Waals surface area contributed by atoms with Gasteiger partial charge in [0.1, 0.15) is 0 Å². The van der Waals surface area contributed by atoms with Crippen molar-refractivity contribution in [3.05, 3.63) is 52.6 Å². The maximum Gasteiger partial charge on any atom is 0.0963 e. The van der Waals surface area contributed by atoms with E-state index in [1.165, 1.54) is 5.56 Å². The van der Waals surface area contributed by atoms with E-state index >= 15 is 0 Å². The molecule has 1 heterocycles. The van der Waals surface area contributed by atoms with E-state index in [-0.39, 0.29) is 0 Å². The lowest BCUT2D eigenvalue weighted by Crippen LogP contribution is -1.88. The molecule has 0 unspecified atom stereocenters. The molecule has 0 aliphatic carbocycles. The zero-order chi connectivity index (χ0) is 11.4. The number of rotatable bonds is 3. The summed E-state index contributed by atoms with van der Waals surface area (Å²) in [4.78, 5) is 4.26. The lowest BCUT2D eigenvalue weighted by atomic mass is 10.2. The van der Waals surface area contributed by atoms with Crippen molar-refractivity contribution >= 4 is 33.4 Å². The molecule has 0 spiro atoms. The Bertz CT molecular complexity index is 453. The standard InChI is InChI=1S/C12H11BrN2S/c13-10-5-9(6-11(14)7-10)8-16-12-3-1-2-4-15-12/h1-7H,8,14H2. The Morgan fingerprint density at radius 2 is 2.12 bits per heavy atom. The van der Waals surface area contributed by atoms with Gasteiger partial charge in [0.25, 0.3) is 0 Å². The van der Waals surface area contributed by atoms with Crippen molar-refractivity contribution in [3.63, 3.8) is 0 Å². The van der Waals surface area contributed by atoms with E-state index in [1.54, 1.807) is 18.0 Å². The van der Waals surface area contributed by atoms with Crippen LogP contribution in [0.2, 0.25) is 0 Å². The molecule has 2 nitrogen and oxygen atoms in total. The highest BCUT2D eigenvalue weighted by Gasteiger charge is 1.99. The Morgan fingerprint density at radius 3 is 2.81 bits per heavy atom. The molecule has 0 aliphatic rings. The summed E-state index contributed by atoms with van der Waals surface area (Å²) in [6.45, 7) is 0. The van der Waals surface area contributed by atoms with Gasteiger partial charge in [0.2, 0.25) is 0 Å². The van der Waals surface area contributed by atoms with Crippen molar-refractivity contribution < 1.29 is 0 Å². The van der Waals surface area contributed by atoms with Crippen LogP contribution in [-0.2, 0) is 5.75 Å². The Morgan fingerprint density at radius 1 is 1.25 bits per heavy atom. The van der Waals surface area contributed by atoms with Gasteiger partial charge in [-0.2, -0.15) is 0 Å². The number of pyridine rings is 1. The third-order valence-corrected chi connectivity index (χ3v) is 3.48. The molecule has 0 fully saturated rings. The van der Waals surface area contributed by atoms with Gasteiger partial charge in [-0.3, -0.25) is 0 Å². The normalized spacial score (nSPS) is 10.3. The Kier molecular flexibility index (Phi) is 3.85. The maximum atomic E-state index is 5.77. The minimum atomic E-state index is 0.783. The van der Waals surface area contributed by atoms with Gasteiger partial charge in [0.05, 0.1) is 5.03 Å². The molecule has 16 heavy (non-hydrogen) atoms. The molecular formula is C12H11BrN2S. The second kappa shape index (κ2) is 5.37. The van der Waals surface area contributed by atoms with Crippen LogP contribution >= 0.6 is 27.7 Å². The zero-order valence-electron chi connectivity index (χ0n) is 8.56. The van der Waals surface area contributed by atoms with Gasteiger partial charge < -0.3 is 5.73 Å². The molecule has 0 radical (unpaired) electrons. The molecule has 82 valence electrons. The molecular weight excluding hydrogens is 284 g/mol. The molecule has 0 bridgehead atoms. The lowest BCUT2D eigenvalue weighted by molar-refractivity contribution is 1.13. The molecule has 2 aromatic rings. The van der Waals surface area contributed by atoms with Crippen LogP contribution in [0.5, 0.6) is 0 Å². The molecule has 0 atom stereocenters. The SMILES string of the molecule is Nc1cc(Br)cc(CSc2ccccn2)c1. The summed E-state index contributed by atoms with van der Waals surface area (Å²) in [6.07, 6.45) is 1.80. The number of halogens is 1. The number of hydrogen-bond donors (Lipinski definition) is 1. The van der Waals surface area contributed by atoms with Gasteiger partial charge in [-0.05, 0) is 35.9 Å². The van der Waals surface area contributed by atoms with Gasteiger partial charge in [0, 0.05) is 22.1 Å². The first-order valence-corrected chi connectivity index (χ1v) is 6.61. The second-order valence-corrected chi connectivity index (χ2v) is 5.26. The topological polar surface area (TPSA) is 38.9 Å². The van der Waals surface area contributed by atoms with Crippen LogP contribution < -0.4 is 5.73 Å². The first kappa shape index (κ1) is 11.5. The second-order valence-electron chi connectivity index (χ2n) is 3.35. The summed E-state index contributed by atoms with van der Waals surface area (Å²) in [7, 11) is 0. The predicted octanol–water partition coefficient (Wildman–Crippen LogP) is 3.72. The maximum absolute atomic E-state index is 5.77. The molecule has 2 N–H and O–H groups in total. The van der Waals surface area contributed by atoms with Crippen molar-refractivity contribution in [3.8, 4) is 0 Å². The highest BCUT2D eigenvalue weighted by atomic mass is 79.9. The van der Waals surface area contributed by atoms with Gasteiger partial charge in [0.15, 0.2) is 0 Å². The smallest absolute Gasteiger partial charge is 0.0963 e. The summed E-state index contributed by atoms with van der Waals surface area (Å²) in [6, 6.07) is 11.9. The molecule has 0 aliphatic heterocycles. The third-order valence-electron chi connectivity index (χ3n) is 2.00. The summed E-state index contributed by atoms with van der Waals surface area (Å²) in [5.74, 6) is 0.876. The minimum absolute atomic E-state index is 0.783. The Hall–Kier alpha value is -1.00. The number of aromatic nitrogens is 1. The van der Waals surface area contributed by atoms with E-state index in [2.05, 4.69) is 27.0 Å². The monoisotopic (exact) mass is 294 g/mol. The molecule has 0 saturated heterocycles. The largest absolute Gasteiger partial charge is 0.399 e. The van der Waals surface area contributed by atoms with Crippen LogP contribution in [0.25, 0.3) is 0 Å². The van der Waals surface area contributed by atoms with E-state index in [4.69, 9.17) is 5.73 Å². The fraction of sp³-hybridized carbons (Fsp3) is 0.0833. The van der Waals surface area contributed by atoms with Crippen molar-refractivity contribution in [1.82, 2.24) is 4.98 Å². The quantitative estimate of drug-likeness (QED) is 0.693. The van der Waals surface area contributed by atoms with Crippen molar-refractivity contribution in [1.29, 1.82) is 0 Å². The van der Waals surface area contributed by atoms with Crippen molar-refractivity contribution in [2.75, 3.05) is 5.73 Å². The molecule has 0 amide bonds. The minimum Gasteiger partial charge on any atom is -0.399 e. The van der Waals surface area contributed by atoms with E-state index in [9.17, 15) is 0 Å². The first-order valence-electron chi connectivity index (χ1n) is 4.83. The van der Waals surface area contributed by atoms with E-state index in [1.807, 2.05) is 30.3 Å². The predicted molar refractivity (Wildman–Crippen MR) is 72.4 cm³/mol. The average molecular weight is 295 g/mol. The van der Waals surface area contributed by atoms with Gasteiger partial charge >= 0.3 is 0 Å². The van der Waals surface area contributed by atoms with Crippen LogP contribution in [0, 0.1) is 0 Å². The number of anilines is 1. The van der Waals surface area contributed by atoms with Crippen LogP contribution in [-0.4, -0.2) is 4.98 Å². The summed E-state index contributed by atoms with van der Waals surface area (Å²) >= 11 is 5.14. The number of nitrogens with two attached hydrogens (primary N) is 1. The highest BCUT2D eigenvalue weighted by molar-refractivity contribution is 9.10.